The van der Waals surface area contributed by atoms with Gasteiger partial charge in [0.2, 0.25) is 0 Å². The second-order valence-corrected chi connectivity index (χ2v) is 5.98. The summed E-state index contributed by atoms with van der Waals surface area (Å²) in [4.78, 5) is 13.7. The Kier molecular flexibility index (Phi) is 4.84. The lowest BCUT2D eigenvalue weighted by atomic mass is 10.1. The zero-order valence-corrected chi connectivity index (χ0v) is 13.5. The van der Waals surface area contributed by atoms with Gasteiger partial charge in [-0.1, -0.05) is 12.1 Å². The van der Waals surface area contributed by atoms with Crippen LogP contribution in [0.5, 0.6) is 0 Å². The van der Waals surface area contributed by atoms with Gasteiger partial charge in [0.25, 0.3) is 5.91 Å². The predicted molar refractivity (Wildman–Crippen MR) is 87.2 cm³/mol. The van der Waals surface area contributed by atoms with Crippen LogP contribution in [0.25, 0.3) is 0 Å². The highest BCUT2D eigenvalue weighted by atomic mass is 19.4. The Morgan fingerprint density at radius 3 is 2.15 bits per heavy atom. The zero-order valence-electron chi connectivity index (χ0n) is 13.5. The molecule has 1 fully saturated rings. The maximum Gasteiger partial charge on any atom is 0.417 e. The molecule has 26 heavy (non-hydrogen) atoms. The van der Waals surface area contributed by atoms with Crippen LogP contribution in [0.1, 0.15) is 28.8 Å². The molecule has 1 heterocycles. The first-order valence-corrected chi connectivity index (χ1v) is 7.99. The number of hydrogen-bond acceptors (Lipinski definition) is 2. The van der Waals surface area contributed by atoms with E-state index in [0.29, 0.717) is 13.1 Å². The van der Waals surface area contributed by atoms with Crippen molar-refractivity contribution in [3.05, 3.63) is 59.2 Å². The third kappa shape index (κ3) is 3.63. The van der Waals surface area contributed by atoms with Crippen LogP contribution in [0.15, 0.2) is 36.4 Å². The van der Waals surface area contributed by atoms with E-state index in [1.165, 1.54) is 6.07 Å². The van der Waals surface area contributed by atoms with Gasteiger partial charge in [0, 0.05) is 18.8 Å². The fraction of sp³-hybridized carbons (Fsp3) is 0.278. The minimum Gasteiger partial charge on any atom is -0.367 e. The van der Waals surface area contributed by atoms with E-state index >= 15 is 0 Å². The molecule has 1 N–H and O–H groups in total. The monoisotopic (exact) mass is 370 g/mol. The summed E-state index contributed by atoms with van der Waals surface area (Å²) in [6, 6.07) is 6.03. The summed E-state index contributed by atoms with van der Waals surface area (Å²) >= 11 is 0. The van der Waals surface area contributed by atoms with Crippen molar-refractivity contribution >= 4 is 17.3 Å². The number of benzene rings is 2. The van der Waals surface area contributed by atoms with Crippen LogP contribution < -0.4 is 10.2 Å². The summed E-state index contributed by atoms with van der Waals surface area (Å²) in [5, 5.41) is 2.13. The first-order valence-electron chi connectivity index (χ1n) is 7.99. The van der Waals surface area contributed by atoms with Crippen molar-refractivity contribution in [1.82, 2.24) is 0 Å². The first kappa shape index (κ1) is 18.2. The maximum absolute atomic E-state index is 14.3. The van der Waals surface area contributed by atoms with Crippen LogP contribution in [0.2, 0.25) is 0 Å². The number of rotatable bonds is 3. The number of nitrogens with zero attached hydrogens (tertiary/aromatic N) is 1. The second kappa shape index (κ2) is 6.93. The highest BCUT2D eigenvalue weighted by Crippen LogP contribution is 2.33. The maximum atomic E-state index is 14.3. The van der Waals surface area contributed by atoms with Gasteiger partial charge in [-0.2, -0.15) is 13.2 Å². The topological polar surface area (TPSA) is 32.3 Å². The van der Waals surface area contributed by atoms with Crippen LogP contribution in [-0.4, -0.2) is 19.0 Å². The number of anilines is 2. The average Bonchev–Trinajstić information content (AvgIpc) is 3.07. The summed E-state index contributed by atoms with van der Waals surface area (Å²) < 4.78 is 67.5. The van der Waals surface area contributed by atoms with E-state index in [0.717, 1.165) is 43.2 Å². The van der Waals surface area contributed by atoms with Gasteiger partial charge >= 0.3 is 6.18 Å². The molecule has 0 radical (unpaired) electrons. The summed E-state index contributed by atoms with van der Waals surface area (Å²) in [6.45, 7) is 1.05. The van der Waals surface area contributed by atoms with Crippen molar-refractivity contribution in [1.29, 1.82) is 0 Å². The molecule has 3 nitrogen and oxygen atoms in total. The molecule has 0 aliphatic carbocycles. The van der Waals surface area contributed by atoms with Crippen molar-refractivity contribution in [3.8, 4) is 0 Å². The third-order valence-electron chi connectivity index (χ3n) is 4.17. The highest BCUT2D eigenvalue weighted by Gasteiger charge is 2.35. The Hall–Kier alpha value is -2.64. The molecule has 0 atom stereocenters. The van der Waals surface area contributed by atoms with E-state index in [1.807, 2.05) is 0 Å². The van der Waals surface area contributed by atoms with E-state index in [2.05, 4.69) is 5.32 Å². The number of halogens is 5. The number of amides is 1. The van der Waals surface area contributed by atoms with Crippen LogP contribution in [0.3, 0.4) is 0 Å². The average molecular weight is 370 g/mol. The molecule has 0 bridgehead atoms. The van der Waals surface area contributed by atoms with Gasteiger partial charge in [0.15, 0.2) is 11.6 Å². The molecule has 1 saturated heterocycles. The van der Waals surface area contributed by atoms with Gasteiger partial charge in [-0.05, 0) is 37.1 Å². The minimum atomic E-state index is -4.72. The van der Waals surface area contributed by atoms with Gasteiger partial charge in [-0.25, -0.2) is 8.78 Å². The quantitative estimate of drug-likeness (QED) is 0.785. The molecule has 0 spiro atoms. The smallest absolute Gasteiger partial charge is 0.367 e. The number of nitrogens with one attached hydrogen (secondary N) is 1. The third-order valence-corrected chi connectivity index (χ3v) is 4.17. The molecular formula is C18H15F5N2O. The van der Waals surface area contributed by atoms with Crippen molar-refractivity contribution < 1.29 is 26.7 Å². The lowest BCUT2D eigenvalue weighted by Crippen LogP contribution is -2.21. The van der Waals surface area contributed by atoms with Crippen molar-refractivity contribution in [2.45, 2.75) is 19.0 Å². The lowest BCUT2D eigenvalue weighted by molar-refractivity contribution is -0.137. The van der Waals surface area contributed by atoms with Gasteiger partial charge < -0.3 is 10.2 Å². The van der Waals surface area contributed by atoms with E-state index in [9.17, 15) is 26.7 Å². The fourth-order valence-corrected chi connectivity index (χ4v) is 3.01. The molecule has 3 rings (SSSR count). The molecule has 0 saturated carbocycles. The molecule has 0 aromatic heterocycles. The zero-order chi connectivity index (χ0) is 18.9. The molecule has 1 aliphatic rings. The molecule has 138 valence electrons. The Labute approximate surface area is 146 Å². The minimum absolute atomic E-state index is 0.184. The van der Waals surface area contributed by atoms with Crippen LogP contribution in [0.4, 0.5) is 33.3 Å². The number of carbonyl (C=O) groups excluding carboxylic acids is 1. The largest absolute Gasteiger partial charge is 0.417 e. The Morgan fingerprint density at radius 1 is 1.00 bits per heavy atom. The number of hydrogen-bond donors (Lipinski definition) is 1. The second-order valence-electron chi connectivity index (χ2n) is 5.98. The SMILES string of the molecule is O=C(Nc1cc(F)c(N2CCCC2)c(F)c1)c1ccccc1C(F)(F)F. The van der Waals surface area contributed by atoms with E-state index in [1.54, 1.807) is 4.90 Å². The Morgan fingerprint density at radius 2 is 1.58 bits per heavy atom. The van der Waals surface area contributed by atoms with Crippen LogP contribution in [0, 0.1) is 11.6 Å². The first-order chi connectivity index (χ1) is 12.3. The number of carbonyl (C=O) groups is 1. The Bertz CT molecular complexity index is 806. The fourth-order valence-electron chi connectivity index (χ4n) is 3.01. The van der Waals surface area contributed by atoms with E-state index in [4.69, 9.17) is 0 Å². The van der Waals surface area contributed by atoms with Crippen molar-refractivity contribution in [2.75, 3.05) is 23.3 Å². The van der Waals surface area contributed by atoms with Crippen LogP contribution >= 0.6 is 0 Å². The summed E-state index contributed by atoms with van der Waals surface area (Å²) in [6.07, 6.45) is -3.07. The van der Waals surface area contributed by atoms with E-state index < -0.39 is 34.8 Å². The lowest BCUT2D eigenvalue weighted by Gasteiger charge is -2.20. The highest BCUT2D eigenvalue weighted by molar-refractivity contribution is 6.05. The Balaban J connectivity index is 1.87. The van der Waals surface area contributed by atoms with Gasteiger partial charge in [-0.3, -0.25) is 4.79 Å². The van der Waals surface area contributed by atoms with Crippen LogP contribution in [-0.2, 0) is 6.18 Å². The summed E-state index contributed by atoms with van der Waals surface area (Å²) in [7, 11) is 0. The summed E-state index contributed by atoms with van der Waals surface area (Å²) in [5.74, 6) is -2.83. The van der Waals surface area contributed by atoms with Gasteiger partial charge in [0.1, 0.15) is 5.69 Å². The predicted octanol–water partition coefficient (Wildman–Crippen LogP) is 4.84. The normalized spacial score (nSPS) is 14.6. The molecular weight excluding hydrogens is 355 g/mol. The molecule has 1 amide bonds. The van der Waals surface area contributed by atoms with Crippen molar-refractivity contribution in [2.24, 2.45) is 0 Å². The molecule has 8 heteroatoms. The molecule has 2 aromatic carbocycles. The molecule has 0 unspecified atom stereocenters. The standard InChI is InChI=1S/C18H15F5N2O/c19-14-9-11(10-15(20)16(14)25-7-3-4-8-25)24-17(26)12-5-1-2-6-13(12)18(21,22)23/h1-2,5-6,9-10H,3-4,7-8H2,(H,24,26). The van der Waals surface area contributed by atoms with Gasteiger partial charge in [0.05, 0.1) is 11.1 Å². The number of alkyl halides is 3. The van der Waals surface area contributed by atoms with Gasteiger partial charge in [-0.15, -0.1) is 0 Å². The molecule has 1 aliphatic heterocycles. The van der Waals surface area contributed by atoms with E-state index in [-0.39, 0.29) is 11.4 Å². The summed E-state index contributed by atoms with van der Waals surface area (Å²) in [5.41, 5.74) is -2.17. The van der Waals surface area contributed by atoms with Crippen molar-refractivity contribution in [3.63, 3.8) is 0 Å². The molecule has 2 aromatic rings.